The van der Waals surface area contributed by atoms with Gasteiger partial charge in [0.2, 0.25) is 0 Å². The van der Waals surface area contributed by atoms with Crippen molar-refractivity contribution in [3.05, 3.63) is 35.4 Å². The Morgan fingerprint density at radius 3 is 2.70 bits per heavy atom. The van der Waals surface area contributed by atoms with Gasteiger partial charge in [-0.3, -0.25) is 4.90 Å². The maximum atomic E-state index is 13.3. The van der Waals surface area contributed by atoms with Gasteiger partial charge in [-0.05, 0) is 56.3 Å². The highest BCUT2D eigenvalue weighted by molar-refractivity contribution is 5.20. The van der Waals surface area contributed by atoms with Crippen LogP contribution in [0.2, 0.25) is 0 Å². The lowest BCUT2D eigenvalue weighted by molar-refractivity contribution is 0.0641. The molecule has 1 aliphatic rings. The minimum atomic E-state index is -0.796. The number of rotatable bonds is 4. The standard InChI is InChI=1S/C16H24F2N2/c1-12-4-3-7-20(10-12)16(2,11-19)9-13-5-6-14(17)15(18)8-13/h5-6,8,12H,3-4,7,9-11,19H2,1-2H3. The minimum absolute atomic E-state index is 0.195. The molecule has 0 radical (unpaired) electrons. The molecule has 2 rings (SSSR count). The fourth-order valence-electron chi connectivity index (χ4n) is 3.08. The number of hydrogen-bond donors (Lipinski definition) is 1. The molecule has 112 valence electrons. The van der Waals surface area contributed by atoms with Crippen LogP contribution in [-0.4, -0.2) is 30.1 Å². The van der Waals surface area contributed by atoms with E-state index in [9.17, 15) is 8.78 Å². The monoisotopic (exact) mass is 282 g/mol. The molecular formula is C16H24F2N2. The lowest BCUT2D eigenvalue weighted by atomic mass is 9.87. The van der Waals surface area contributed by atoms with E-state index < -0.39 is 11.6 Å². The lowest BCUT2D eigenvalue weighted by Gasteiger charge is -2.45. The number of nitrogens with two attached hydrogens (primary N) is 1. The molecule has 1 aromatic carbocycles. The molecule has 0 saturated carbocycles. The average Bonchev–Trinajstić information content (AvgIpc) is 2.43. The first-order valence-corrected chi connectivity index (χ1v) is 7.33. The van der Waals surface area contributed by atoms with Crippen molar-refractivity contribution in [1.29, 1.82) is 0 Å². The molecule has 2 nitrogen and oxygen atoms in total. The number of piperidine rings is 1. The highest BCUT2D eigenvalue weighted by Gasteiger charge is 2.33. The molecule has 1 aliphatic heterocycles. The van der Waals surface area contributed by atoms with Crippen molar-refractivity contribution < 1.29 is 8.78 Å². The number of nitrogens with zero attached hydrogens (tertiary/aromatic N) is 1. The van der Waals surface area contributed by atoms with Gasteiger partial charge >= 0.3 is 0 Å². The topological polar surface area (TPSA) is 29.3 Å². The number of benzene rings is 1. The molecule has 0 aliphatic carbocycles. The predicted octanol–water partition coefficient (Wildman–Crippen LogP) is 2.96. The average molecular weight is 282 g/mol. The zero-order chi connectivity index (χ0) is 14.8. The summed E-state index contributed by atoms with van der Waals surface area (Å²) in [6, 6.07) is 4.14. The third-order valence-electron chi connectivity index (χ3n) is 4.43. The van der Waals surface area contributed by atoms with E-state index in [0.717, 1.165) is 18.7 Å². The normalized spacial score (nSPS) is 23.6. The fourth-order valence-corrected chi connectivity index (χ4v) is 3.08. The Morgan fingerprint density at radius 2 is 2.10 bits per heavy atom. The van der Waals surface area contributed by atoms with Crippen molar-refractivity contribution in [1.82, 2.24) is 4.90 Å². The van der Waals surface area contributed by atoms with Crippen molar-refractivity contribution in [2.45, 2.75) is 38.6 Å². The molecule has 1 heterocycles. The molecule has 0 spiro atoms. The Bertz CT molecular complexity index is 464. The summed E-state index contributed by atoms with van der Waals surface area (Å²) in [5, 5.41) is 0. The molecule has 0 amide bonds. The molecule has 0 aromatic heterocycles. The summed E-state index contributed by atoms with van der Waals surface area (Å²) in [5.74, 6) is -0.914. The van der Waals surface area contributed by atoms with E-state index in [1.54, 1.807) is 6.07 Å². The third-order valence-corrected chi connectivity index (χ3v) is 4.43. The molecule has 1 fully saturated rings. The highest BCUT2D eigenvalue weighted by Crippen LogP contribution is 2.27. The molecule has 0 bridgehead atoms. The van der Waals surface area contributed by atoms with Crippen molar-refractivity contribution in [3.8, 4) is 0 Å². The minimum Gasteiger partial charge on any atom is -0.329 e. The van der Waals surface area contributed by atoms with Crippen LogP contribution < -0.4 is 5.73 Å². The molecular weight excluding hydrogens is 258 g/mol. The van der Waals surface area contributed by atoms with Crippen LogP contribution in [0.5, 0.6) is 0 Å². The SMILES string of the molecule is CC1CCCN(C(C)(CN)Cc2ccc(F)c(F)c2)C1. The maximum absolute atomic E-state index is 13.3. The number of halogens is 2. The summed E-state index contributed by atoms with van der Waals surface area (Å²) >= 11 is 0. The first kappa shape index (κ1) is 15.4. The zero-order valence-electron chi connectivity index (χ0n) is 12.3. The van der Waals surface area contributed by atoms with Crippen LogP contribution in [0.3, 0.4) is 0 Å². The molecule has 2 unspecified atom stereocenters. The fraction of sp³-hybridized carbons (Fsp3) is 0.625. The van der Waals surface area contributed by atoms with Gasteiger partial charge in [0.15, 0.2) is 11.6 Å². The van der Waals surface area contributed by atoms with Crippen LogP contribution in [0.25, 0.3) is 0 Å². The number of likely N-dealkylation sites (tertiary alicyclic amines) is 1. The summed E-state index contributed by atoms with van der Waals surface area (Å²) in [6.07, 6.45) is 3.07. The summed E-state index contributed by atoms with van der Waals surface area (Å²) in [7, 11) is 0. The Labute approximate surface area is 120 Å². The Kier molecular flexibility index (Phi) is 4.76. The van der Waals surface area contributed by atoms with Crippen molar-refractivity contribution >= 4 is 0 Å². The van der Waals surface area contributed by atoms with Crippen molar-refractivity contribution in [3.63, 3.8) is 0 Å². The van der Waals surface area contributed by atoms with Gasteiger partial charge < -0.3 is 5.73 Å². The second kappa shape index (κ2) is 6.19. The second-order valence-corrected chi connectivity index (χ2v) is 6.32. The first-order chi connectivity index (χ1) is 9.44. The van der Waals surface area contributed by atoms with Crippen molar-refractivity contribution in [2.75, 3.05) is 19.6 Å². The third kappa shape index (κ3) is 3.36. The summed E-state index contributed by atoms with van der Waals surface area (Å²) in [4.78, 5) is 2.41. The maximum Gasteiger partial charge on any atom is 0.159 e. The smallest absolute Gasteiger partial charge is 0.159 e. The van der Waals surface area contributed by atoms with Crippen LogP contribution in [0.4, 0.5) is 8.78 Å². The van der Waals surface area contributed by atoms with Gasteiger partial charge in [0, 0.05) is 18.6 Å². The largest absolute Gasteiger partial charge is 0.329 e. The van der Waals surface area contributed by atoms with Gasteiger partial charge in [0.05, 0.1) is 0 Å². The van der Waals surface area contributed by atoms with Gasteiger partial charge in [-0.1, -0.05) is 13.0 Å². The Hall–Kier alpha value is -1.00. The first-order valence-electron chi connectivity index (χ1n) is 7.33. The molecule has 2 atom stereocenters. The van der Waals surface area contributed by atoms with E-state index in [4.69, 9.17) is 5.73 Å². The molecule has 1 saturated heterocycles. The lowest BCUT2D eigenvalue weighted by Crippen LogP contribution is -2.56. The van der Waals surface area contributed by atoms with Crippen molar-refractivity contribution in [2.24, 2.45) is 11.7 Å². The van der Waals surface area contributed by atoms with Gasteiger partial charge in [-0.15, -0.1) is 0 Å². The summed E-state index contributed by atoms with van der Waals surface area (Å²) < 4.78 is 26.4. The van der Waals surface area contributed by atoms with E-state index in [1.165, 1.54) is 25.0 Å². The van der Waals surface area contributed by atoms with E-state index in [1.807, 2.05) is 0 Å². The van der Waals surface area contributed by atoms with Crippen LogP contribution >= 0.6 is 0 Å². The number of hydrogen-bond acceptors (Lipinski definition) is 2. The van der Waals surface area contributed by atoms with E-state index in [2.05, 4.69) is 18.7 Å². The quantitative estimate of drug-likeness (QED) is 0.920. The molecule has 2 N–H and O–H groups in total. The van der Waals surface area contributed by atoms with Gasteiger partial charge in [-0.2, -0.15) is 0 Å². The van der Waals surface area contributed by atoms with Crippen LogP contribution in [-0.2, 0) is 6.42 Å². The van der Waals surface area contributed by atoms with Gasteiger partial charge in [0.1, 0.15) is 0 Å². The van der Waals surface area contributed by atoms with Gasteiger partial charge in [0.25, 0.3) is 0 Å². The molecule has 4 heteroatoms. The second-order valence-electron chi connectivity index (χ2n) is 6.32. The predicted molar refractivity (Wildman–Crippen MR) is 77.5 cm³/mol. The Balaban J connectivity index is 2.15. The summed E-state index contributed by atoms with van der Waals surface area (Å²) in [6.45, 7) is 6.94. The van der Waals surface area contributed by atoms with Crippen LogP contribution in [0, 0.1) is 17.6 Å². The zero-order valence-corrected chi connectivity index (χ0v) is 12.3. The van der Waals surface area contributed by atoms with Gasteiger partial charge in [-0.25, -0.2) is 8.78 Å². The van der Waals surface area contributed by atoms with Crippen LogP contribution in [0.15, 0.2) is 18.2 Å². The van der Waals surface area contributed by atoms with Crippen LogP contribution in [0.1, 0.15) is 32.3 Å². The molecule has 1 aromatic rings. The summed E-state index contributed by atoms with van der Waals surface area (Å²) in [5.41, 5.74) is 6.60. The van der Waals surface area contributed by atoms with E-state index in [0.29, 0.717) is 18.9 Å². The highest BCUT2D eigenvalue weighted by atomic mass is 19.2. The molecule has 20 heavy (non-hydrogen) atoms. The van der Waals surface area contributed by atoms with E-state index in [-0.39, 0.29) is 5.54 Å². The Morgan fingerprint density at radius 1 is 1.35 bits per heavy atom. The van der Waals surface area contributed by atoms with E-state index >= 15 is 0 Å².